The average molecular weight is 359 g/mol. The molecule has 0 saturated heterocycles. The van der Waals surface area contributed by atoms with E-state index in [1.165, 1.54) is 0 Å². The number of hydrogen-bond acceptors (Lipinski definition) is 5. The highest BCUT2D eigenvalue weighted by atomic mass is 79.9. The molecule has 5 nitrogen and oxygen atoms in total. The zero-order valence-electron chi connectivity index (χ0n) is 12.0. The molecule has 0 aliphatic rings. The summed E-state index contributed by atoms with van der Waals surface area (Å²) in [6.45, 7) is 2.45. The monoisotopic (exact) mass is 358 g/mol. The Balaban J connectivity index is 1.76. The molecular formula is C16H15BrN4O. The van der Waals surface area contributed by atoms with Gasteiger partial charge in [-0.3, -0.25) is 0 Å². The zero-order valence-corrected chi connectivity index (χ0v) is 13.6. The van der Waals surface area contributed by atoms with Gasteiger partial charge in [0.2, 0.25) is 0 Å². The van der Waals surface area contributed by atoms with E-state index in [1.54, 1.807) is 6.26 Å². The van der Waals surface area contributed by atoms with Crippen LogP contribution in [0.4, 0.5) is 17.3 Å². The van der Waals surface area contributed by atoms with E-state index < -0.39 is 0 Å². The highest BCUT2D eigenvalue weighted by Gasteiger charge is 2.05. The Morgan fingerprint density at radius 3 is 2.68 bits per heavy atom. The number of aryl methyl sites for hydroxylation is 1. The molecule has 0 atom stereocenters. The average Bonchev–Trinajstić information content (AvgIpc) is 3.00. The van der Waals surface area contributed by atoms with Gasteiger partial charge in [0.25, 0.3) is 0 Å². The molecule has 3 rings (SSSR count). The number of halogens is 1. The molecule has 0 fully saturated rings. The van der Waals surface area contributed by atoms with Crippen LogP contribution in [0, 0.1) is 6.92 Å². The van der Waals surface area contributed by atoms with Crippen LogP contribution < -0.4 is 10.6 Å². The van der Waals surface area contributed by atoms with Crippen LogP contribution in [-0.4, -0.2) is 9.97 Å². The summed E-state index contributed by atoms with van der Waals surface area (Å²) in [6, 6.07) is 13.6. The van der Waals surface area contributed by atoms with E-state index in [0.717, 1.165) is 27.6 Å². The van der Waals surface area contributed by atoms with Gasteiger partial charge in [-0.1, -0.05) is 12.1 Å². The Bertz CT molecular complexity index is 759. The number of aromatic nitrogens is 2. The molecule has 0 bridgehead atoms. The van der Waals surface area contributed by atoms with Gasteiger partial charge in [-0.2, -0.15) is 0 Å². The van der Waals surface area contributed by atoms with Gasteiger partial charge in [0, 0.05) is 10.5 Å². The Labute approximate surface area is 136 Å². The largest absolute Gasteiger partial charge is 0.467 e. The number of rotatable bonds is 5. The van der Waals surface area contributed by atoms with Crippen molar-refractivity contribution in [1.82, 2.24) is 9.97 Å². The summed E-state index contributed by atoms with van der Waals surface area (Å²) in [5.74, 6) is 3.04. The van der Waals surface area contributed by atoms with Crippen molar-refractivity contribution in [1.29, 1.82) is 0 Å². The second-order valence-electron chi connectivity index (χ2n) is 4.72. The molecule has 0 aliphatic carbocycles. The van der Waals surface area contributed by atoms with Crippen molar-refractivity contribution in [3.05, 3.63) is 64.8 Å². The van der Waals surface area contributed by atoms with Crippen LogP contribution in [0.1, 0.15) is 11.6 Å². The Morgan fingerprint density at radius 1 is 1.09 bits per heavy atom. The summed E-state index contributed by atoms with van der Waals surface area (Å²) in [4.78, 5) is 8.79. The number of furan rings is 1. The summed E-state index contributed by atoms with van der Waals surface area (Å²) < 4.78 is 6.28. The quantitative estimate of drug-likeness (QED) is 0.703. The molecule has 0 radical (unpaired) electrons. The lowest BCUT2D eigenvalue weighted by molar-refractivity contribution is 0.518. The molecule has 0 unspecified atom stereocenters. The number of anilines is 3. The zero-order chi connectivity index (χ0) is 15.4. The SMILES string of the molecule is Cc1nc(NCc2ccco2)cc(Nc2ccccc2Br)n1. The van der Waals surface area contributed by atoms with Crippen molar-refractivity contribution in [2.24, 2.45) is 0 Å². The number of nitrogens with zero attached hydrogens (tertiary/aromatic N) is 2. The number of hydrogen-bond donors (Lipinski definition) is 2. The summed E-state index contributed by atoms with van der Waals surface area (Å²) in [5.41, 5.74) is 0.956. The highest BCUT2D eigenvalue weighted by Crippen LogP contribution is 2.25. The second-order valence-corrected chi connectivity index (χ2v) is 5.58. The molecule has 0 aliphatic heterocycles. The Hall–Kier alpha value is -2.34. The first-order valence-corrected chi connectivity index (χ1v) is 7.63. The van der Waals surface area contributed by atoms with Crippen molar-refractivity contribution >= 4 is 33.3 Å². The minimum Gasteiger partial charge on any atom is -0.467 e. The van der Waals surface area contributed by atoms with E-state index in [1.807, 2.05) is 49.4 Å². The maximum atomic E-state index is 5.30. The third-order valence-corrected chi connectivity index (χ3v) is 3.69. The maximum Gasteiger partial charge on any atom is 0.136 e. The molecule has 2 heterocycles. The van der Waals surface area contributed by atoms with Gasteiger partial charge in [-0.05, 0) is 47.1 Å². The molecule has 0 spiro atoms. The van der Waals surface area contributed by atoms with E-state index in [-0.39, 0.29) is 0 Å². The van der Waals surface area contributed by atoms with Crippen LogP contribution in [0.2, 0.25) is 0 Å². The van der Waals surface area contributed by atoms with Gasteiger partial charge in [0.15, 0.2) is 0 Å². The first-order chi connectivity index (χ1) is 10.7. The third-order valence-electron chi connectivity index (χ3n) is 3.00. The van der Waals surface area contributed by atoms with Crippen LogP contribution in [0.3, 0.4) is 0 Å². The Kier molecular flexibility index (Phi) is 4.39. The van der Waals surface area contributed by atoms with Gasteiger partial charge < -0.3 is 15.1 Å². The van der Waals surface area contributed by atoms with Crippen molar-refractivity contribution in [2.45, 2.75) is 13.5 Å². The predicted molar refractivity (Wildman–Crippen MR) is 90.2 cm³/mol. The van der Waals surface area contributed by atoms with Crippen LogP contribution in [0.15, 0.2) is 57.6 Å². The van der Waals surface area contributed by atoms with Crippen molar-refractivity contribution in [3.8, 4) is 0 Å². The number of nitrogens with one attached hydrogen (secondary N) is 2. The first kappa shape index (κ1) is 14.6. The van der Waals surface area contributed by atoms with Crippen LogP contribution in [-0.2, 0) is 6.54 Å². The lowest BCUT2D eigenvalue weighted by Crippen LogP contribution is -2.04. The fraction of sp³-hybridized carbons (Fsp3) is 0.125. The Morgan fingerprint density at radius 2 is 1.91 bits per heavy atom. The van der Waals surface area contributed by atoms with E-state index in [2.05, 4.69) is 36.5 Å². The van der Waals surface area contributed by atoms with Crippen LogP contribution in [0.5, 0.6) is 0 Å². The van der Waals surface area contributed by atoms with E-state index in [9.17, 15) is 0 Å². The summed E-state index contributed by atoms with van der Waals surface area (Å²) in [7, 11) is 0. The topological polar surface area (TPSA) is 63.0 Å². The molecule has 0 amide bonds. The van der Waals surface area contributed by atoms with Gasteiger partial charge in [0.05, 0.1) is 18.5 Å². The fourth-order valence-electron chi connectivity index (χ4n) is 2.01. The highest BCUT2D eigenvalue weighted by molar-refractivity contribution is 9.10. The maximum absolute atomic E-state index is 5.30. The van der Waals surface area contributed by atoms with Gasteiger partial charge in [0.1, 0.15) is 23.2 Å². The van der Waals surface area contributed by atoms with Gasteiger partial charge in [-0.15, -0.1) is 0 Å². The molecule has 1 aromatic carbocycles. The van der Waals surface area contributed by atoms with E-state index in [4.69, 9.17) is 4.42 Å². The number of benzene rings is 1. The minimum atomic E-state index is 0.581. The van der Waals surface area contributed by atoms with Crippen molar-refractivity contribution in [2.75, 3.05) is 10.6 Å². The molecular weight excluding hydrogens is 344 g/mol. The molecule has 2 N–H and O–H groups in total. The molecule has 2 aromatic heterocycles. The summed E-state index contributed by atoms with van der Waals surface area (Å²) >= 11 is 3.51. The molecule has 22 heavy (non-hydrogen) atoms. The van der Waals surface area contributed by atoms with E-state index >= 15 is 0 Å². The number of para-hydroxylation sites is 1. The van der Waals surface area contributed by atoms with Crippen molar-refractivity contribution in [3.63, 3.8) is 0 Å². The van der Waals surface area contributed by atoms with Crippen LogP contribution >= 0.6 is 15.9 Å². The second kappa shape index (κ2) is 6.62. The first-order valence-electron chi connectivity index (χ1n) is 6.84. The van der Waals surface area contributed by atoms with Gasteiger partial charge in [-0.25, -0.2) is 9.97 Å². The summed E-state index contributed by atoms with van der Waals surface area (Å²) in [6.07, 6.45) is 1.65. The smallest absolute Gasteiger partial charge is 0.136 e. The fourth-order valence-corrected chi connectivity index (χ4v) is 2.40. The molecule has 6 heteroatoms. The molecule has 112 valence electrons. The summed E-state index contributed by atoms with van der Waals surface area (Å²) in [5, 5.41) is 6.52. The van der Waals surface area contributed by atoms with Crippen molar-refractivity contribution < 1.29 is 4.42 Å². The van der Waals surface area contributed by atoms with Crippen LogP contribution in [0.25, 0.3) is 0 Å². The minimum absolute atomic E-state index is 0.581. The lowest BCUT2D eigenvalue weighted by Gasteiger charge is -2.10. The lowest BCUT2D eigenvalue weighted by atomic mass is 10.3. The molecule has 0 saturated carbocycles. The van der Waals surface area contributed by atoms with Gasteiger partial charge >= 0.3 is 0 Å². The molecule has 3 aromatic rings. The van der Waals surface area contributed by atoms with E-state index in [0.29, 0.717) is 12.4 Å². The normalized spacial score (nSPS) is 10.5. The predicted octanol–water partition coefficient (Wildman–Crippen LogP) is 4.50. The third kappa shape index (κ3) is 3.65. The standard InChI is InChI=1S/C16H15BrN4O/c1-11-19-15(18-10-12-5-4-8-22-12)9-16(20-11)21-14-7-3-2-6-13(14)17/h2-9H,10H2,1H3,(H2,18,19,20,21).